The molecule has 0 aliphatic rings. The first kappa shape index (κ1) is 19.6. The average Bonchev–Trinajstić information content (AvgIpc) is 2.79. The van der Waals surface area contributed by atoms with Gasteiger partial charge in [-0.05, 0) is 47.6 Å². The van der Waals surface area contributed by atoms with E-state index in [2.05, 4.69) is 15.1 Å². The standard InChI is InChI=1S/C18H25N5O3/c1-10(2)22(9-17(25)26)16(24)8-15-13(5)21-23(14(15)6)18-19-11(3)7-12(4)20-18/h7,10H,8-9H2,1-6H3,(H,25,26). The maximum absolute atomic E-state index is 12.6. The molecule has 2 rings (SSSR count). The van der Waals surface area contributed by atoms with E-state index in [0.717, 1.165) is 22.6 Å². The van der Waals surface area contributed by atoms with Gasteiger partial charge < -0.3 is 10.0 Å². The number of carbonyl (C=O) groups is 2. The van der Waals surface area contributed by atoms with Crippen molar-refractivity contribution in [1.29, 1.82) is 0 Å². The summed E-state index contributed by atoms with van der Waals surface area (Å²) in [5.41, 5.74) is 3.93. The Balaban J connectivity index is 2.35. The van der Waals surface area contributed by atoms with Crippen LogP contribution < -0.4 is 0 Å². The normalized spacial score (nSPS) is 11.0. The lowest BCUT2D eigenvalue weighted by Crippen LogP contribution is -2.41. The van der Waals surface area contributed by atoms with Crippen LogP contribution in [0.2, 0.25) is 0 Å². The van der Waals surface area contributed by atoms with Crippen LogP contribution in [0.15, 0.2) is 6.07 Å². The number of hydrogen-bond acceptors (Lipinski definition) is 5. The molecule has 0 saturated heterocycles. The summed E-state index contributed by atoms with van der Waals surface area (Å²) < 4.78 is 1.63. The summed E-state index contributed by atoms with van der Waals surface area (Å²) in [7, 11) is 0. The molecule has 8 nitrogen and oxygen atoms in total. The van der Waals surface area contributed by atoms with Crippen molar-refractivity contribution in [2.75, 3.05) is 6.54 Å². The molecule has 0 fully saturated rings. The molecule has 2 aromatic rings. The molecule has 2 heterocycles. The Bertz CT molecular complexity index is 821. The lowest BCUT2D eigenvalue weighted by Gasteiger charge is -2.25. The Labute approximate surface area is 152 Å². The van der Waals surface area contributed by atoms with Gasteiger partial charge >= 0.3 is 5.97 Å². The van der Waals surface area contributed by atoms with Crippen LogP contribution in [0.5, 0.6) is 0 Å². The largest absolute Gasteiger partial charge is 0.480 e. The van der Waals surface area contributed by atoms with E-state index in [9.17, 15) is 9.59 Å². The number of aromatic nitrogens is 4. The van der Waals surface area contributed by atoms with E-state index in [0.29, 0.717) is 11.6 Å². The van der Waals surface area contributed by atoms with Crippen LogP contribution in [0, 0.1) is 27.7 Å². The van der Waals surface area contributed by atoms with E-state index < -0.39 is 5.97 Å². The highest BCUT2D eigenvalue weighted by Gasteiger charge is 2.23. The summed E-state index contributed by atoms with van der Waals surface area (Å²) in [5, 5.41) is 13.5. The van der Waals surface area contributed by atoms with Crippen molar-refractivity contribution in [3.05, 3.63) is 34.4 Å². The van der Waals surface area contributed by atoms with Crippen LogP contribution >= 0.6 is 0 Å². The van der Waals surface area contributed by atoms with Crippen LogP contribution in [0.25, 0.3) is 5.95 Å². The highest BCUT2D eigenvalue weighted by atomic mass is 16.4. The summed E-state index contributed by atoms with van der Waals surface area (Å²) in [4.78, 5) is 33.9. The molecule has 0 saturated carbocycles. The Hall–Kier alpha value is -2.77. The molecular formula is C18H25N5O3. The molecule has 8 heteroatoms. The molecule has 1 amide bonds. The second-order valence-corrected chi connectivity index (χ2v) is 6.70. The number of hydrogen-bond donors (Lipinski definition) is 1. The fourth-order valence-electron chi connectivity index (χ4n) is 2.88. The summed E-state index contributed by atoms with van der Waals surface area (Å²) in [6.07, 6.45) is 0.0912. The van der Waals surface area contributed by atoms with Gasteiger partial charge in [-0.2, -0.15) is 5.10 Å². The zero-order chi connectivity index (χ0) is 19.6. The van der Waals surface area contributed by atoms with Gasteiger partial charge in [0.15, 0.2) is 0 Å². The Kier molecular flexibility index (Phi) is 5.74. The first-order valence-corrected chi connectivity index (χ1v) is 8.49. The topological polar surface area (TPSA) is 101 Å². The summed E-state index contributed by atoms with van der Waals surface area (Å²) >= 11 is 0. The Morgan fingerprint density at radius 3 is 2.23 bits per heavy atom. The monoisotopic (exact) mass is 359 g/mol. The molecule has 0 atom stereocenters. The minimum absolute atomic E-state index is 0.0912. The highest BCUT2D eigenvalue weighted by Crippen LogP contribution is 2.18. The highest BCUT2D eigenvalue weighted by molar-refractivity contribution is 5.83. The van der Waals surface area contributed by atoms with Gasteiger partial charge in [-0.15, -0.1) is 0 Å². The molecule has 0 spiro atoms. The Morgan fingerprint density at radius 2 is 1.73 bits per heavy atom. The molecule has 0 aromatic carbocycles. The molecule has 0 bridgehead atoms. The van der Waals surface area contributed by atoms with Crippen molar-refractivity contribution < 1.29 is 14.7 Å². The second kappa shape index (κ2) is 7.63. The third-order valence-corrected chi connectivity index (χ3v) is 4.18. The van der Waals surface area contributed by atoms with Gasteiger partial charge in [-0.3, -0.25) is 9.59 Å². The zero-order valence-electron chi connectivity index (χ0n) is 16.1. The van der Waals surface area contributed by atoms with Crippen molar-refractivity contribution in [3.8, 4) is 5.95 Å². The molecule has 2 aromatic heterocycles. The van der Waals surface area contributed by atoms with E-state index in [1.807, 2.05) is 33.8 Å². The van der Waals surface area contributed by atoms with Gasteiger partial charge in [0.2, 0.25) is 5.91 Å². The predicted octanol–water partition coefficient (Wildman–Crippen LogP) is 1.76. The van der Waals surface area contributed by atoms with E-state index in [-0.39, 0.29) is 24.9 Å². The smallest absolute Gasteiger partial charge is 0.323 e. The number of amides is 1. The average molecular weight is 359 g/mol. The van der Waals surface area contributed by atoms with E-state index in [4.69, 9.17) is 5.11 Å². The zero-order valence-corrected chi connectivity index (χ0v) is 16.1. The number of rotatable bonds is 6. The number of carboxylic acid groups (broad SMARTS) is 1. The molecule has 0 radical (unpaired) electrons. The van der Waals surface area contributed by atoms with Gasteiger partial charge in [0.1, 0.15) is 6.54 Å². The van der Waals surface area contributed by atoms with Gasteiger partial charge in [-0.25, -0.2) is 14.6 Å². The summed E-state index contributed by atoms with van der Waals surface area (Å²) in [5.74, 6) is -0.803. The Morgan fingerprint density at radius 1 is 1.15 bits per heavy atom. The van der Waals surface area contributed by atoms with Crippen LogP contribution in [-0.2, 0) is 16.0 Å². The van der Waals surface area contributed by atoms with Crippen molar-refractivity contribution >= 4 is 11.9 Å². The van der Waals surface area contributed by atoms with Crippen LogP contribution in [-0.4, -0.2) is 54.2 Å². The third-order valence-electron chi connectivity index (χ3n) is 4.18. The second-order valence-electron chi connectivity index (χ2n) is 6.70. The lowest BCUT2D eigenvalue weighted by atomic mass is 10.1. The maximum Gasteiger partial charge on any atom is 0.323 e. The van der Waals surface area contributed by atoms with Crippen molar-refractivity contribution in [2.24, 2.45) is 0 Å². The molecule has 140 valence electrons. The SMILES string of the molecule is Cc1cc(C)nc(-n2nc(C)c(CC(=O)N(CC(=O)O)C(C)C)c2C)n1. The quantitative estimate of drug-likeness (QED) is 0.843. The number of nitrogens with zero attached hydrogens (tertiary/aromatic N) is 5. The van der Waals surface area contributed by atoms with Crippen molar-refractivity contribution in [1.82, 2.24) is 24.6 Å². The van der Waals surface area contributed by atoms with Crippen LogP contribution in [0.3, 0.4) is 0 Å². The van der Waals surface area contributed by atoms with Gasteiger partial charge in [0.25, 0.3) is 5.95 Å². The fourth-order valence-corrected chi connectivity index (χ4v) is 2.88. The molecule has 26 heavy (non-hydrogen) atoms. The van der Waals surface area contributed by atoms with Crippen LogP contribution in [0.1, 0.15) is 42.2 Å². The van der Waals surface area contributed by atoms with Crippen molar-refractivity contribution in [3.63, 3.8) is 0 Å². The minimum Gasteiger partial charge on any atom is -0.480 e. The molecule has 0 unspecified atom stereocenters. The first-order chi connectivity index (χ1) is 12.1. The van der Waals surface area contributed by atoms with Crippen molar-refractivity contribution in [2.45, 2.75) is 54.0 Å². The number of carboxylic acids is 1. The van der Waals surface area contributed by atoms with E-state index in [1.165, 1.54) is 4.90 Å². The molecule has 1 N–H and O–H groups in total. The lowest BCUT2D eigenvalue weighted by molar-refractivity contribution is -0.145. The third kappa shape index (κ3) is 4.25. The first-order valence-electron chi connectivity index (χ1n) is 8.49. The fraction of sp³-hybridized carbons (Fsp3) is 0.500. The minimum atomic E-state index is -1.03. The van der Waals surface area contributed by atoms with E-state index >= 15 is 0 Å². The van der Waals surface area contributed by atoms with E-state index in [1.54, 1.807) is 18.5 Å². The molecule has 0 aliphatic heterocycles. The number of aliphatic carboxylic acids is 1. The summed E-state index contributed by atoms with van der Waals surface area (Å²) in [6.45, 7) is 10.7. The number of carbonyl (C=O) groups excluding carboxylic acids is 1. The van der Waals surface area contributed by atoms with Gasteiger partial charge in [0, 0.05) is 28.7 Å². The maximum atomic E-state index is 12.6. The summed E-state index contributed by atoms with van der Waals surface area (Å²) in [6, 6.07) is 1.68. The predicted molar refractivity (Wildman–Crippen MR) is 96.3 cm³/mol. The van der Waals surface area contributed by atoms with Gasteiger partial charge in [-0.1, -0.05) is 0 Å². The molecule has 0 aliphatic carbocycles. The van der Waals surface area contributed by atoms with Gasteiger partial charge in [0.05, 0.1) is 12.1 Å². The number of aryl methyl sites for hydroxylation is 3. The van der Waals surface area contributed by atoms with Crippen LogP contribution in [0.4, 0.5) is 0 Å². The molecular weight excluding hydrogens is 334 g/mol.